The summed E-state index contributed by atoms with van der Waals surface area (Å²) < 4.78 is 11.7. The Bertz CT molecular complexity index is 789. The lowest BCUT2D eigenvalue weighted by atomic mass is 10.1. The Hall–Kier alpha value is -2.06. The molecular weight excluding hydrogens is 362 g/mol. The van der Waals surface area contributed by atoms with E-state index in [9.17, 15) is 9.59 Å². The van der Waals surface area contributed by atoms with E-state index < -0.39 is 18.4 Å². The Labute approximate surface area is 154 Å². The smallest absolute Gasteiger partial charge is 0.323 e. The number of rotatable bonds is 5. The number of thioether (sulfide) groups is 1. The molecule has 0 aromatic heterocycles. The van der Waals surface area contributed by atoms with Crippen LogP contribution < -0.4 is 9.47 Å². The minimum Gasteiger partial charge on any atom is -0.493 e. The van der Waals surface area contributed by atoms with Crippen LogP contribution in [0.3, 0.4) is 0 Å². The predicted molar refractivity (Wildman–Crippen MR) is 98.9 cm³/mol. The van der Waals surface area contributed by atoms with Crippen LogP contribution >= 0.6 is 24.0 Å². The number of aliphatic carboxylic acids is 1. The molecule has 1 amide bonds. The minimum atomic E-state index is -1.10. The van der Waals surface area contributed by atoms with Crippen molar-refractivity contribution in [2.45, 2.75) is 26.4 Å². The monoisotopic (exact) mass is 379 g/mol. The summed E-state index contributed by atoms with van der Waals surface area (Å²) in [5.74, 6) is -0.0622. The summed E-state index contributed by atoms with van der Waals surface area (Å²) in [4.78, 5) is 24.8. The Morgan fingerprint density at radius 1 is 1.56 bits per heavy atom. The molecule has 1 atom stereocenters. The van der Waals surface area contributed by atoms with Gasteiger partial charge in [0.2, 0.25) is 0 Å². The molecule has 2 aliphatic rings. The summed E-state index contributed by atoms with van der Waals surface area (Å²) in [5.41, 5.74) is 1.79. The lowest BCUT2D eigenvalue weighted by molar-refractivity contribution is -0.140. The van der Waals surface area contributed by atoms with Crippen molar-refractivity contribution in [3.8, 4) is 11.5 Å². The zero-order valence-electron chi connectivity index (χ0n) is 13.8. The number of carboxylic acid groups (broad SMARTS) is 1. The van der Waals surface area contributed by atoms with E-state index >= 15 is 0 Å². The zero-order valence-corrected chi connectivity index (χ0v) is 15.4. The van der Waals surface area contributed by atoms with Crippen molar-refractivity contribution < 1.29 is 24.2 Å². The molecule has 3 rings (SSSR count). The van der Waals surface area contributed by atoms with Crippen LogP contribution in [0.2, 0.25) is 0 Å². The summed E-state index contributed by atoms with van der Waals surface area (Å²) in [6.07, 6.45) is 2.60. The summed E-state index contributed by atoms with van der Waals surface area (Å²) in [6.45, 7) is 3.95. The molecule has 0 aliphatic carbocycles. The van der Waals surface area contributed by atoms with Gasteiger partial charge in [-0.2, -0.15) is 0 Å². The van der Waals surface area contributed by atoms with Gasteiger partial charge in [0.1, 0.15) is 28.5 Å². The molecule has 1 N–H and O–H groups in total. The average Bonchev–Trinajstić information content (AvgIpc) is 3.01. The molecular formula is C17H17NO5S2. The molecule has 1 aromatic carbocycles. The quantitative estimate of drug-likeness (QED) is 0.623. The van der Waals surface area contributed by atoms with Gasteiger partial charge < -0.3 is 14.6 Å². The van der Waals surface area contributed by atoms with Gasteiger partial charge in [-0.25, -0.2) is 0 Å². The molecule has 0 saturated carbocycles. The number of amides is 1. The van der Waals surface area contributed by atoms with Crippen LogP contribution in [0.25, 0.3) is 6.08 Å². The number of carbonyl (C=O) groups excluding carboxylic acids is 1. The van der Waals surface area contributed by atoms with Crippen LogP contribution in [-0.4, -0.2) is 45.5 Å². The number of hydrogen-bond acceptors (Lipinski definition) is 6. The lowest BCUT2D eigenvalue weighted by Gasteiger charge is -2.11. The van der Waals surface area contributed by atoms with Crippen LogP contribution in [0.1, 0.15) is 25.0 Å². The maximum atomic E-state index is 12.4. The van der Waals surface area contributed by atoms with Crippen molar-refractivity contribution in [1.29, 1.82) is 0 Å². The molecule has 8 heteroatoms. The second kappa shape index (κ2) is 7.05. The standard InChI is InChI=1S/C17H17NO5S2/c1-3-22-12-5-10-4-9(2)23-13(10)6-11(12)7-14-16(21)18(8-15(19)20)17(24)25-14/h5-7,9H,3-4,8H2,1-2H3,(H,19,20)/b14-7-/t9-/m1/s1. The molecule has 2 aliphatic heterocycles. The maximum Gasteiger partial charge on any atom is 0.323 e. The summed E-state index contributed by atoms with van der Waals surface area (Å²) >= 11 is 6.20. The molecule has 1 saturated heterocycles. The molecule has 0 bridgehead atoms. The Kier molecular flexibility index (Phi) is 5.01. The second-order valence-corrected chi connectivity index (χ2v) is 7.40. The van der Waals surface area contributed by atoms with E-state index in [1.165, 1.54) is 0 Å². The first-order valence-corrected chi connectivity index (χ1v) is 9.05. The van der Waals surface area contributed by atoms with E-state index in [2.05, 4.69) is 0 Å². The fraction of sp³-hybridized carbons (Fsp3) is 0.353. The van der Waals surface area contributed by atoms with Gasteiger partial charge in [0, 0.05) is 17.5 Å². The number of carbonyl (C=O) groups is 2. The van der Waals surface area contributed by atoms with Gasteiger partial charge in [-0.05, 0) is 32.1 Å². The van der Waals surface area contributed by atoms with Crippen molar-refractivity contribution in [3.63, 3.8) is 0 Å². The summed E-state index contributed by atoms with van der Waals surface area (Å²) in [7, 11) is 0. The fourth-order valence-electron chi connectivity index (χ4n) is 2.76. The van der Waals surface area contributed by atoms with Crippen molar-refractivity contribution in [2.75, 3.05) is 13.2 Å². The molecule has 2 heterocycles. The third-order valence-electron chi connectivity index (χ3n) is 3.78. The highest BCUT2D eigenvalue weighted by atomic mass is 32.2. The van der Waals surface area contributed by atoms with E-state index in [-0.39, 0.29) is 10.4 Å². The van der Waals surface area contributed by atoms with Crippen molar-refractivity contribution in [3.05, 3.63) is 28.2 Å². The first-order valence-electron chi connectivity index (χ1n) is 7.82. The van der Waals surface area contributed by atoms with Crippen LogP contribution in [0.15, 0.2) is 17.0 Å². The number of ether oxygens (including phenoxy) is 2. The summed E-state index contributed by atoms with van der Waals surface area (Å²) in [5, 5.41) is 8.91. The number of thiocarbonyl (C=S) groups is 1. The first kappa shape index (κ1) is 17.8. The zero-order chi connectivity index (χ0) is 18.1. The van der Waals surface area contributed by atoms with Crippen LogP contribution in [0.4, 0.5) is 0 Å². The van der Waals surface area contributed by atoms with E-state index in [1.807, 2.05) is 26.0 Å². The Morgan fingerprint density at radius 2 is 2.32 bits per heavy atom. The minimum absolute atomic E-state index is 0.105. The van der Waals surface area contributed by atoms with E-state index in [1.54, 1.807) is 6.08 Å². The molecule has 1 aromatic rings. The molecule has 0 radical (unpaired) electrons. The van der Waals surface area contributed by atoms with Crippen molar-refractivity contribution in [2.24, 2.45) is 0 Å². The molecule has 1 fully saturated rings. The van der Waals surface area contributed by atoms with Crippen LogP contribution in [-0.2, 0) is 16.0 Å². The van der Waals surface area contributed by atoms with E-state index in [0.717, 1.165) is 34.4 Å². The first-order chi connectivity index (χ1) is 11.9. The highest BCUT2D eigenvalue weighted by Gasteiger charge is 2.33. The molecule has 6 nitrogen and oxygen atoms in total. The van der Waals surface area contributed by atoms with Crippen molar-refractivity contribution >= 4 is 46.3 Å². The number of fused-ring (bicyclic) bond motifs is 1. The molecule has 0 spiro atoms. The van der Waals surface area contributed by atoms with Gasteiger partial charge in [0.25, 0.3) is 5.91 Å². The highest BCUT2D eigenvalue weighted by molar-refractivity contribution is 8.26. The number of nitrogens with zero attached hydrogens (tertiary/aromatic N) is 1. The van der Waals surface area contributed by atoms with Gasteiger partial charge >= 0.3 is 5.97 Å². The summed E-state index contributed by atoms with van der Waals surface area (Å²) in [6, 6.07) is 3.79. The lowest BCUT2D eigenvalue weighted by Crippen LogP contribution is -2.33. The molecule has 0 unspecified atom stereocenters. The van der Waals surface area contributed by atoms with Gasteiger partial charge in [-0.15, -0.1) is 0 Å². The average molecular weight is 379 g/mol. The number of hydrogen-bond donors (Lipinski definition) is 1. The molecule has 132 valence electrons. The van der Waals surface area contributed by atoms with E-state index in [0.29, 0.717) is 22.8 Å². The Morgan fingerprint density at radius 3 is 3.00 bits per heavy atom. The van der Waals surface area contributed by atoms with Crippen LogP contribution in [0, 0.1) is 0 Å². The van der Waals surface area contributed by atoms with Crippen LogP contribution in [0.5, 0.6) is 11.5 Å². The van der Waals surface area contributed by atoms with Gasteiger partial charge in [0.05, 0.1) is 11.5 Å². The second-order valence-electron chi connectivity index (χ2n) is 5.72. The highest BCUT2D eigenvalue weighted by Crippen LogP contribution is 2.39. The normalized spacial score (nSPS) is 20.8. The third kappa shape index (κ3) is 3.64. The SMILES string of the molecule is CCOc1cc2c(cc1/C=C1\SC(=S)N(CC(=O)O)C1=O)O[C@H](C)C2. The van der Waals surface area contributed by atoms with E-state index in [4.69, 9.17) is 26.8 Å². The Balaban J connectivity index is 1.95. The number of carboxylic acids is 1. The number of benzene rings is 1. The van der Waals surface area contributed by atoms with Gasteiger partial charge in [-0.1, -0.05) is 24.0 Å². The van der Waals surface area contributed by atoms with Gasteiger partial charge in [-0.3, -0.25) is 14.5 Å². The maximum absolute atomic E-state index is 12.4. The largest absolute Gasteiger partial charge is 0.493 e. The van der Waals surface area contributed by atoms with Crippen molar-refractivity contribution in [1.82, 2.24) is 4.90 Å². The predicted octanol–water partition coefficient (Wildman–Crippen LogP) is 2.69. The topological polar surface area (TPSA) is 76.1 Å². The fourth-order valence-corrected chi connectivity index (χ4v) is 4.01. The van der Waals surface area contributed by atoms with Gasteiger partial charge in [0.15, 0.2) is 0 Å². The third-order valence-corrected chi connectivity index (χ3v) is 5.16. The molecule has 25 heavy (non-hydrogen) atoms.